The third-order valence-corrected chi connectivity index (χ3v) is 2.91. The number of nitrogens with one attached hydrogen (secondary N) is 1. The van der Waals surface area contributed by atoms with Crippen molar-refractivity contribution in [1.82, 2.24) is 10.3 Å². The second-order valence-corrected chi connectivity index (χ2v) is 4.15. The molecule has 0 aliphatic rings. The molecular weight excluding hydrogens is 275 g/mol. The third kappa shape index (κ3) is 2.15. The van der Waals surface area contributed by atoms with E-state index >= 15 is 0 Å². The number of aromatic nitrogens is 1. The summed E-state index contributed by atoms with van der Waals surface area (Å²) in [6.45, 7) is 0. The minimum atomic E-state index is -0.361. The Bertz CT molecular complexity index is 486. The van der Waals surface area contributed by atoms with Crippen molar-refractivity contribution in [3.8, 4) is 0 Å². The zero-order valence-electron chi connectivity index (χ0n) is 8.58. The van der Waals surface area contributed by atoms with Gasteiger partial charge in [-0.2, -0.15) is 0 Å². The highest BCUT2D eigenvalue weighted by atomic mass is 79.9. The largest absolute Gasteiger partial charge is 0.466 e. The zero-order chi connectivity index (χ0) is 11.5. The van der Waals surface area contributed by atoms with Crippen LogP contribution in [0.2, 0.25) is 0 Å². The number of halogens is 2. The van der Waals surface area contributed by atoms with Crippen LogP contribution in [-0.2, 0) is 0 Å². The smallest absolute Gasteiger partial charge is 0.141 e. The molecule has 2 rings (SSSR count). The van der Waals surface area contributed by atoms with Gasteiger partial charge in [0, 0.05) is 6.20 Å². The Morgan fingerprint density at radius 1 is 1.50 bits per heavy atom. The summed E-state index contributed by atoms with van der Waals surface area (Å²) in [6.07, 6.45) is 4.36. The molecule has 0 saturated heterocycles. The van der Waals surface area contributed by atoms with Crippen LogP contribution in [0.4, 0.5) is 4.39 Å². The van der Waals surface area contributed by atoms with E-state index in [0.29, 0.717) is 5.76 Å². The minimum Gasteiger partial charge on any atom is -0.466 e. The van der Waals surface area contributed by atoms with Crippen molar-refractivity contribution in [3.05, 3.63) is 52.4 Å². The Balaban J connectivity index is 2.40. The third-order valence-electron chi connectivity index (χ3n) is 2.25. The number of nitrogens with zero attached hydrogens (tertiary/aromatic N) is 1. The maximum atomic E-state index is 13.1. The fourth-order valence-corrected chi connectivity index (χ4v) is 1.98. The summed E-state index contributed by atoms with van der Waals surface area (Å²) >= 11 is 3.38. The van der Waals surface area contributed by atoms with Crippen molar-refractivity contribution in [3.63, 3.8) is 0 Å². The summed E-state index contributed by atoms with van der Waals surface area (Å²) in [4.78, 5) is 3.82. The van der Waals surface area contributed by atoms with E-state index in [1.165, 1.54) is 12.3 Å². The normalized spacial score (nSPS) is 12.7. The highest BCUT2D eigenvalue weighted by molar-refractivity contribution is 9.10. The van der Waals surface area contributed by atoms with Gasteiger partial charge in [0.05, 0.1) is 23.0 Å². The van der Waals surface area contributed by atoms with E-state index in [2.05, 4.69) is 26.2 Å². The topological polar surface area (TPSA) is 38.1 Å². The standard InChI is InChI=1S/C11H10BrFN2O/c1-14-10(11-9(12)2-3-16-11)7-4-8(13)6-15-5-7/h2-6,10,14H,1H3. The van der Waals surface area contributed by atoms with Crippen LogP contribution in [0.25, 0.3) is 0 Å². The van der Waals surface area contributed by atoms with Crippen LogP contribution in [0.15, 0.2) is 39.7 Å². The van der Waals surface area contributed by atoms with E-state index in [0.717, 1.165) is 10.0 Å². The molecule has 0 saturated carbocycles. The van der Waals surface area contributed by atoms with E-state index in [-0.39, 0.29) is 11.9 Å². The first-order valence-electron chi connectivity index (χ1n) is 4.73. The number of rotatable bonds is 3. The molecule has 0 amide bonds. The van der Waals surface area contributed by atoms with E-state index in [9.17, 15) is 4.39 Å². The van der Waals surface area contributed by atoms with Gasteiger partial charge in [0.1, 0.15) is 11.6 Å². The van der Waals surface area contributed by atoms with Gasteiger partial charge < -0.3 is 9.73 Å². The van der Waals surface area contributed by atoms with Gasteiger partial charge in [-0.25, -0.2) is 4.39 Å². The molecule has 3 nitrogen and oxygen atoms in total. The second kappa shape index (κ2) is 4.76. The molecule has 1 N–H and O–H groups in total. The summed E-state index contributed by atoms with van der Waals surface area (Å²) in [5.41, 5.74) is 0.721. The lowest BCUT2D eigenvalue weighted by molar-refractivity contribution is 0.459. The van der Waals surface area contributed by atoms with E-state index < -0.39 is 0 Å². The molecule has 0 aromatic carbocycles. The van der Waals surface area contributed by atoms with Gasteiger partial charge in [-0.15, -0.1) is 0 Å². The van der Waals surface area contributed by atoms with Gasteiger partial charge in [0.2, 0.25) is 0 Å². The molecule has 2 aromatic rings. The molecule has 84 valence electrons. The van der Waals surface area contributed by atoms with Crippen molar-refractivity contribution in [2.24, 2.45) is 0 Å². The summed E-state index contributed by atoms with van der Waals surface area (Å²) in [5, 5.41) is 3.06. The monoisotopic (exact) mass is 284 g/mol. The zero-order valence-corrected chi connectivity index (χ0v) is 10.2. The SMILES string of the molecule is CNC(c1cncc(F)c1)c1occc1Br. The van der Waals surface area contributed by atoms with Crippen LogP contribution in [-0.4, -0.2) is 12.0 Å². The summed E-state index contributed by atoms with van der Waals surface area (Å²) in [7, 11) is 1.78. The molecule has 1 atom stereocenters. The molecule has 5 heteroatoms. The lowest BCUT2D eigenvalue weighted by atomic mass is 10.1. The van der Waals surface area contributed by atoms with Crippen LogP contribution in [0.1, 0.15) is 17.4 Å². The molecule has 2 heterocycles. The first kappa shape index (κ1) is 11.3. The van der Waals surface area contributed by atoms with Gasteiger partial charge in [0.25, 0.3) is 0 Å². The van der Waals surface area contributed by atoms with Gasteiger partial charge in [-0.1, -0.05) is 0 Å². The Morgan fingerprint density at radius 2 is 2.31 bits per heavy atom. The number of pyridine rings is 1. The Hall–Kier alpha value is -1.20. The highest BCUT2D eigenvalue weighted by Crippen LogP contribution is 2.29. The molecule has 0 radical (unpaired) electrons. The Labute approximate surface area is 101 Å². The fraction of sp³-hybridized carbons (Fsp3) is 0.182. The maximum absolute atomic E-state index is 13.1. The van der Waals surface area contributed by atoms with Crippen LogP contribution in [0.3, 0.4) is 0 Å². The molecule has 0 aliphatic heterocycles. The first-order chi connectivity index (χ1) is 7.72. The maximum Gasteiger partial charge on any atom is 0.141 e. The van der Waals surface area contributed by atoms with Crippen molar-refractivity contribution in [2.75, 3.05) is 7.05 Å². The predicted octanol–water partition coefficient (Wildman–Crippen LogP) is 2.89. The summed E-state index contributed by atoms with van der Waals surface area (Å²) in [5.74, 6) is 0.343. The molecule has 2 aromatic heterocycles. The number of furan rings is 1. The van der Waals surface area contributed by atoms with E-state index in [1.54, 1.807) is 25.6 Å². The minimum absolute atomic E-state index is 0.215. The lowest BCUT2D eigenvalue weighted by Gasteiger charge is -2.14. The van der Waals surface area contributed by atoms with Crippen molar-refractivity contribution < 1.29 is 8.81 Å². The Morgan fingerprint density at radius 3 is 2.88 bits per heavy atom. The summed E-state index contributed by atoms with van der Waals surface area (Å²) < 4.78 is 19.3. The first-order valence-corrected chi connectivity index (χ1v) is 5.52. The van der Waals surface area contributed by atoms with Crippen LogP contribution >= 0.6 is 15.9 Å². The molecular formula is C11H10BrFN2O. The highest BCUT2D eigenvalue weighted by Gasteiger charge is 2.18. The average molecular weight is 285 g/mol. The molecule has 16 heavy (non-hydrogen) atoms. The van der Waals surface area contributed by atoms with Gasteiger partial charge in [-0.3, -0.25) is 4.98 Å². The quantitative estimate of drug-likeness (QED) is 0.942. The van der Waals surface area contributed by atoms with Crippen molar-refractivity contribution in [2.45, 2.75) is 6.04 Å². The Kier molecular flexibility index (Phi) is 3.36. The number of hydrogen-bond acceptors (Lipinski definition) is 3. The molecule has 1 unspecified atom stereocenters. The van der Waals surface area contributed by atoms with E-state index in [4.69, 9.17) is 4.42 Å². The van der Waals surface area contributed by atoms with Crippen LogP contribution < -0.4 is 5.32 Å². The van der Waals surface area contributed by atoms with E-state index in [1.807, 2.05) is 0 Å². The average Bonchev–Trinajstić information content (AvgIpc) is 2.67. The number of hydrogen-bond donors (Lipinski definition) is 1. The molecule has 0 spiro atoms. The summed E-state index contributed by atoms with van der Waals surface area (Å²) in [6, 6.07) is 3.02. The lowest BCUT2D eigenvalue weighted by Crippen LogP contribution is -2.17. The van der Waals surface area contributed by atoms with Crippen LogP contribution in [0.5, 0.6) is 0 Å². The van der Waals surface area contributed by atoms with Crippen LogP contribution in [0, 0.1) is 5.82 Å². The van der Waals surface area contributed by atoms with Gasteiger partial charge >= 0.3 is 0 Å². The van der Waals surface area contributed by atoms with Gasteiger partial charge in [-0.05, 0) is 40.7 Å². The van der Waals surface area contributed by atoms with Crippen molar-refractivity contribution >= 4 is 15.9 Å². The molecule has 0 bridgehead atoms. The van der Waals surface area contributed by atoms with Crippen molar-refractivity contribution in [1.29, 1.82) is 0 Å². The molecule has 0 fully saturated rings. The fourth-order valence-electron chi connectivity index (χ4n) is 1.55. The second-order valence-electron chi connectivity index (χ2n) is 3.29. The predicted molar refractivity (Wildman–Crippen MR) is 61.5 cm³/mol. The van der Waals surface area contributed by atoms with Gasteiger partial charge in [0.15, 0.2) is 0 Å². The molecule has 0 aliphatic carbocycles.